The van der Waals surface area contributed by atoms with Gasteiger partial charge in [0.2, 0.25) is 0 Å². The van der Waals surface area contributed by atoms with Gasteiger partial charge in [-0.2, -0.15) is 0 Å². The van der Waals surface area contributed by atoms with E-state index in [2.05, 4.69) is 310 Å². The third-order valence-corrected chi connectivity index (χ3v) is 15.4. The van der Waals surface area contributed by atoms with Crippen LogP contribution in [0.25, 0.3) is 116 Å². The molecule has 3 aromatic heterocycles. The smallest absolute Gasteiger partial charge is 0.0547 e. The molecule has 76 heavy (non-hydrogen) atoms. The number of fused-ring (bicyclic) bond motifs is 9. The molecule has 0 fully saturated rings. The van der Waals surface area contributed by atoms with Crippen LogP contribution in [0.2, 0.25) is 0 Å². The average Bonchev–Trinajstić information content (AvgIpc) is 4.20. The fourth-order valence-corrected chi connectivity index (χ4v) is 11.9. The van der Waals surface area contributed by atoms with Crippen molar-refractivity contribution >= 4 is 82.5 Å². The van der Waals surface area contributed by atoms with Crippen LogP contribution < -0.4 is 4.90 Å². The van der Waals surface area contributed by atoms with Crippen molar-refractivity contribution in [1.82, 2.24) is 13.7 Å². The van der Waals surface area contributed by atoms with E-state index < -0.39 is 0 Å². The summed E-state index contributed by atoms with van der Waals surface area (Å²) in [6.07, 6.45) is 0. The highest BCUT2D eigenvalue weighted by atomic mass is 15.1. The Labute approximate surface area is 440 Å². The monoisotopic (exact) mass is 968 g/mol. The largest absolute Gasteiger partial charge is 0.311 e. The van der Waals surface area contributed by atoms with Gasteiger partial charge in [-0.3, -0.25) is 0 Å². The molecule has 0 aliphatic carbocycles. The molecule has 356 valence electrons. The number of rotatable bonds is 9. The van der Waals surface area contributed by atoms with Gasteiger partial charge in [0.25, 0.3) is 0 Å². The molecule has 15 rings (SSSR count). The summed E-state index contributed by atoms with van der Waals surface area (Å²) in [7, 11) is 0. The van der Waals surface area contributed by atoms with Crippen LogP contribution in [-0.2, 0) is 0 Å². The second kappa shape index (κ2) is 17.8. The number of benzene rings is 12. The predicted molar refractivity (Wildman–Crippen MR) is 320 cm³/mol. The van der Waals surface area contributed by atoms with E-state index in [1.165, 1.54) is 87.7 Å². The molecule has 0 unspecified atom stereocenters. The molecular weight excluding hydrogens is 921 g/mol. The lowest BCUT2D eigenvalue weighted by molar-refractivity contribution is 1.18. The molecule has 4 heteroatoms. The van der Waals surface area contributed by atoms with E-state index in [1.807, 2.05) is 0 Å². The Bertz CT molecular complexity index is 4440. The van der Waals surface area contributed by atoms with Crippen LogP contribution in [0.4, 0.5) is 17.1 Å². The minimum Gasteiger partial charge on any atom is -0.311 e. The zero-order valence-electron chi connectivity index (χ0n) is 41.5. The van der Waals surface area contributed by atoms with Crippen molar-refractivity contribution in [3.05, 3.63) is 291 Å². The number of anilines is 3. The topological polar surface area (TPSA) is 18.0 Å². The van der Waals surface area contributed by atoms with E-state index in [-0.39, 0.29) is 0 Å². The average molecular weight is 969 g/mol. The Hall–Kier alpha value is -10.2. The Balaban J connectivity index is 0.821. The summed E-state index contributed by atoms with van der Waals surface area (Å²) in [5, 5.41) is 7.48. The maximum Gasteiger partial charge on any atom is 0.0547 e. The molecule has 0 radical (unpaired) electrons. The fraction of sp³-hybridized carbons (Fsp3) is 0. The lowest BCUT2D eigenvalue weighted by atomic mass is 10.0. The van der Waals surface area contributed by atoms with Crippen LogP contribution in [-0.4, -0.2) is 13.7 Å². The standard InChI is InChI=1S/C72H48N4/c1-4-16-55(17-5-1)74-69-27-15-12-24-63(69)66-46-52(36-45-70(66)74)49-28-37-58(38-29-49)73(59-39-30-50(31-40-59)53-34-43-64-61-22-10-13-25-67(61)75(71(64)47-53)56-18-6-2-7-19-56)60-41-32-51(33-42-60)54-35-44-65-62-23-11-14-26-68(62)76(72(65)48-54)57-20-8-3-9-21-57/h1-48H. The first-order chi connectivity index (χ1) is 37.7. The van der Waals surface area contributed by atoms with Crippen molar-refractivity contribution in [3.63, 3.8) is 0 Å². The van der Waals surface area contributed by atoms with Crippen LogP contribution in [0.3, 0.4) is 0 Å². The summed E-state index contributed by atoms with van der Waals surface area (Å²) in [6.45, 7) is 0. The molecule has 3 heterocycles. The minimum absolute atomic E-state index is 1.08. The number of hydrogen-bond acceptors (Lipinski definition) is 1. The van der Waals surface area contributed by atoms with E-state index in [0.717, 1.165) is 45.3 Å². The quantitative estimate of drug-likeness (QED) is 0.141. The van der Waals surface area contributed by atoms with Crippen LogP contribution in [0.1, 0.15) is 0 Å². The summed E-state index contributed by atoms with van der Waals surface area (Å²) in [5.41, 5.74) is 20.9. The van der Waals surface area contributed by atoms with Gasteiger partial charge in [0.05, 0.1) is 33.1 Å². The minimum atomic E-state index is 1.08. The van der Waals surface area contributed by atoms with Crippen molar-refractivity contribution in [2.24, 2.45) is 0 Å². The van der Waals surface area contributed by atoms with Gasteiger partial charge < -0.3 is 18.6 Å². The maximum absolute atomic E-state index is 2.39. The van der Waals surface area contributed by atoms with Gasteiger partial charge >= 0.3 is 0 Å². The normalized spacial score (nSPS) is 11.7. The van der Waals surface area contributed by atoms with Gasteiger partial charge in [-0.1, -0.05) is 176 Å². The summed E-state index contributed by atoms with van der Waals surface area (Å²) in [5.74, 6) is 0. The van der Waals surface area contributed by atoms with Gasteiger partial charge in [0.1, 0.15) is 0 Å². The van der Waals surface area contributed by atoms with Crippen molar-refractivity contribution in [2.45, 2.75) is 0 Å². The molecule has 0 saturated heterocycles. The Kier molecular flexibility index (Phi) is 10.2. The lowest BCUT2D eigenvalue weighted by Gasteiger charge is -2.26. The van der Waals surface area contributed by atoms with Gasteiger partial charge in [-0.05, 0) is 149 Å². The number of aromatic nitrogens is 3. The molecule has 0 atom stereocenters. The molecule has 0 N–H and O–H groups in total. The SMILES string of the molecule is c1ccc(-n2c3ccccc3c3cc(-c4ccc(N(c5ccc(-c6ccc7c8ccccc8n(-c8ccccc8)c7c6)cc5)c5ccc(-c6ccc7c8ccccc8n(-c8ccccc8)c7c6)cc5)cc4)ccc32)cc1. The summed E-state index contributed by atoms with van der Waals surface area (Å²) in [6, 6.07) is 106. The van der Waals surface area contributed by atoms with E-state index in [1.54, 1.807) is 0 Å². The van der Waals surface area contributed by atoms with Gasteiger partial charge in [0.15, 0.2) is 0 Å². The van der Waals surface area contributed by atoms with E-state index >= 15 is 0 Å². The molecule has 0 saturated carbocycles. The lowest BCUT2D eigenvalue weighted by Crippen LogP contribution is -2.09. The first kappa shape index (κ1) is 43.4. The molecule has 4 nitrogen and oxygen atoms in total. The maximum atomic E-state index is 2.39. The van der Waals surface area contributed by atoms with Crippen LogP contribution in [0.5, 0.6) is 0 Å². The zero-order valence-corrected chi connectivity index (χ0v) is 41.5. The van der Waals surface area contributed by atoms with E-state index in [0.29, 0.717) is 0 Å². The van der Waals surface area contributed by atoms with Gasteiger partial charge in [-0.25, -0.2) is 0 Å². The van der Waals surface area contributed by atoms with Crippen molar-refractivity contribution in [2.75, 3.05) is 4.90 Å². The third-order valence-electron chi connectivity index (χ3n) is 15.4. The summed E-state index contributed by atoms with van der Waals surface area (Å²) < 4.78 is 7.15. The summed E-state index contributed by atoms with van der Waals surface area (Å²) >= 11 is 0. The fourth-order valence-electron chi connectivity index (χ4n) is 11.9. The molecule has 0 spiro atoms. The second-order valence-electron chi connectivity index (χ2n) is 19.7. The molecule has 0 bridgehead atoms. The molecule has 0 aliphatic heterocycles. The van der Waals surface area contributed by atoms with Crippen molar-refractivity contribution in [1.29, 1.82) is 0 Å². The highest BCUT2D eigenvalue weighted by Gasteiger charge is 2.19. The first-order valence-corrected chi connectivity index (χ1v) is 26.1. The van der Waals surface area contributed by atoms with E-state index in [4.69, 9.17) is 0 Å². The van der Waals surface area contributed by atoms with E-state index in [9.17, 15) is 0 Å². The third kappa shape index (κ3) is 7.14. The van der Waals surface area contributed by atoms with Gasteiger partial charge in [0, 0.05) is 66.4 Å². The zero-order chi connectivity index (χ0) is 50.1. The predicted octanol–water partition coefficient (Wildman–Crippen LogP) is 19.4. The Morgan fingerprint density at radius 3 is 0.855 bits per heavy atom. The van der Waals surface area contributed by atoms with Crippen molar-refractivity contribution in [3.8, 4) is 50.4 Å². The Morgan fingerprint density at radius 2 is 0.461 bits per heavy atom. The molecular formula is C72H48N4. The molecule has 12 aromatic carbocycles. The molecule has 0 aliphatic rings. The van der Waals surface area contributed by atoms with Crippen LogP contribution in [0, 0.1) is 0 Å². The number of hydrogen-bond donors (Lipinski definition) is 0. The molecule has 15 aromatic rings. The van der Waals surface area contributed by atoms with Gasteiger partial charge in [-0.15, -0.1) is 0 Å². The van der Waals surface area contributed by atoms with Crippen LogP contribution >= 0.6 is 0 Å². The number of para-hydroxylation sites is 6. The Morgan fingerprint density at radius 1 is 0.184 bits per heavy atom. The molecule has 0 amide bonds. The summed E-state index contributed by atoms with van der Waals surface area (Å²) in [4.78, 5) is 2.38. The van der Waals surface area contributed by atoms with Crippen LogP contribution in [0.15, 0.2) is 291 Å². The second-order valence-corrected chi connectivity index (χ2v) is 19.7. The first-order valence-electron chi connectivity index (χ1n) is 26.1. The highest BCUT2D eigenvalue weighted by Crippen LogP contribution is 2.42. The highest BCUT2D eigenvalue weighted by molar-refractivity contribution is 6.12. The van der Waals surface area contributed by atoms with Crippen molar-refractivity contribution < 1.29 is 0 Å². The number of nitrogens with zero attached hydrogens (tertiary/aromatic N) is 4.